The maximum atomic E-state index is 11.1. The predicted molar refractivity (Wildman–Crippen MR) is 88.7 cm³/mol. The molecule has 0 heterocycles. The molecule has 1 atom stereocenters. The SMILES string of the molecule is CC(=O)N[C@H](NC(=S)Nc1ccccc1Cl)C(Cl)(Cl)Cl. The van der Waals surface area contributed by atoms with Crippen molar-refractivity contribution in [2.24, 2.45) is 0 Å². The fraction of sp³-hybridized carbons (Fsp3) is 0.273. The Kier molecular flexibility index (Phi) is 6.61. The Hall–Kier alpha value is -0.460. The molecule has 0 saturated carbocycles. The van der Waals surface area contributed by atoms with E-state index in [1.807, 2.05) is 0 Å². The first-order valence-corrected chi connectivity index (χ1v) is 7.28. The third kappa shape index (κ3) is 5.89. The van der Waals surface area contributed by atoms with Gasteiger partial charge in [-0.05, 0) is 24.4 Å². The van der Waals surface area contributed by atoms with E-state index in [2.05, 4.69) is 16.0 Å². The standard InChI is InChI=1S/C11H11Cl4N3OS/c1-6(19)16-9(11(13,14)15)18-10(20)17-8-5-3-2-4-7(8)12/h2-5,9H,1H3,(H,16,19)(H2,17,18,20)/t9-/m1/s1. The van der Waals surface area contributed by atoms with Gasteiger partial charge < -0.3 is 16.0 Å². The van der Waals surface area contributed by atoms with E-state index >= 15 is 0 Å². The maximum Gasteiger partial charge on any atom is 0.228 e. The molecule has 0 bridgehead atoms. The minimum Gasteiger partial charge on any atom is -0.339 e. The Morgan fingerprint density at radius 1 is 1.25 bits per heavy atom. The number of hydrogen-bond acceptors (Lipinski definition) is 2. The van der Waals surface area contributed by atoms with E-state index in [1.165, 1.54) is 6.92 Å². The van der Waals surface area contributed by atoms with Crippen LogP contribution in [0.3, 0.4) is 0 Å². The summed E-state index contributed by atoms with van der Waals surface area (Å²) in [6, 6.07) is 7.01. The van der Waals surface area contributed by atoms with Gasteiger partial charge >= 0.3 is 0 Å². The minimum absolute atomic E-state index is 0.156. The van der Waals surface area contributed by atoms with Gasteiger partial charge in [0.2, 0.25) is 9.70 Å². The van der Waals surface area contributed by atoms with Crippen molar-refractivity contribution >= 4 is 75.3 Å². The molecule has 1 rings (SSSR count). The minimum atomic E-state index is -1.77. The number of anilines is 1. The molecule has 3 N–H and O–H groups in total. The molecule has 1 aromatic rings. The van der Waals surface area contributed by atoms with Gasteiger partial charge in [-0.15, -0.1) is 0 Å². The van der Waals surface area contributed by atoms with Gasteiger partial charge in [0, 0.05) is 6.92 Å². The van der Waals surface area contributed by atoms with Crippen molar-refractivity contribution in [1.29, 1.82) is 0 Å². The first kappa shape index (κ1) is 17.6. The highest BCUT2D eigenvalue weighted by Gasteiger charge is 2.34. The van der Waals surface area contributed by atoms with Gasteiger partial charge in [-0.3, -0.25) is 4.79 Å². The Morgan fingerprint density at radius 3 is 2.35 bits per heavy atom. The summed E-state index contributed by atoms with van der Waals surface area (Å²) in [6.07, 6.45) is -0.979. The largest absolute Gasteiger partial charge is 0.339 e. The molecule has 0 spiro atoms. The molecule has 20 heavy (non-hydrogen) atoms. The lowest BCUT2D eigenvalue weighted by molar-refractivity contribution is -0.119. The Balaban J connectivity index is 2.72. The second kappa shape index (κ2) is 7.52. The summed E-state index contributed by atoms with van der Waals surface area (Å²) in [5, 5.41) is 8.63. The lowest BCUT2D eigenvalue weighted by atomic mass is 10.3. The second-order valence-electron chi connectivity index (χ2n) is 3.75. The monoisotopic (exact) mass is 373 g/mol. The summed E-state index contributed by atoms with van der Waals surface area (Å²) in [6.45, 7) is 1.30. The lowest BCUT2D eigenvalue weighted by Crippen LogP contribution is -2.55. The molecule has 0 saturated heterocycles. The molecular formula is C11H11Cl4N3OS. The highest BCUT2D eigenvalue weighted by atomic mass is 35.6. The molecule has 1 aromatic carbocycles. The molecule has 1 amide bonds. The quantitative estimate of drug-likeness (QED) is 0.430. The molecule has 9 heteroatoms. The summed E-state index contributed by atoms with van der Waals surface area (Å²) in [7, 11) is 0. The normalized spacial score (nSPS) is 12.4. The number of rotatable bonds is 3. The summed E-state index contributed by atoms with van der Waals surface area (Å²) >= 11 is 28.4. The average molecular weight is 375 g/mol. The van der Waals surface area contributed by atoms with Crippen molar-refractivity contribution in [3.05, 3.63) is 29.3 Å². The third-order valence-corrected chi connectivity index (χ3v) is 3.28. The van der Waals surface area contributed by atoms with Crippen molar-refractivity contribution in [2.45, 2.75) is 16.9 Å². The Labute approximate surface area is 142 Å². The van der Waals surface area contributed by atoms with Crippen molar-refractivity contribution < 1.29 is 4.79 Å². The summed E-state index contributed by atoms with van der Waals surface area (Å²) in [5.41, 5.74) is 0.595. The molecule has 0 fully saturated rings. The van der Waals surface area contributed by atoms with Crippen LogP contribution in [0, 0.1) is 0 Å². The average Bonchev–Trinajstić information content (AvgIpc) is 2.29. The van der Waals surface area contributed by atoms with Gasteiger partial charge in [-0.25, -0.2) is 0 Å². The molecule has 0 aliphatic heterocycles. The fourth-order valence-electron chi connectivity index (χ4n) is 1.26. The number of halogens is 4. The smallest absolute Gasteiger partial charge is 0.228 e. The van der Waals surface area contributed by atoms with Gasteiger partial charge in [0.1, 0.15) is 6.17 Å². The van der Waals surface area contributed by atoms with Crippen LogP contribution in [-0.4, -0.2) is 21.0 Å². The highest BCUT2D eigenvalue weighted by Crippen LogP contribution is 2.29. The van der Waals surface area contributed by atoms with E-state index in [-0.39, 0.29) is 11.0 Å². The number of carbonyl (C=O) groups excluding carboxylic acids is 1. The number of alkyl halides is 3. The number of benzene rings is 1. The van der Waals surface area contributed by atoms with Crippen LogP contribution in [0.1, 0.15) is 6.92 Å². The van der Waals surface area contributed by atoms with Crippen LogP contribution < -0.4 is 16.0 Å². The predicted octanol–water partition coefficient (Wildman–Crippen LogP) is 3.46. The summed E-state index contributed by atoms with van der Waals surface area (Å²) in [5.74, 6) is -0.366. The van der Waals surface area contributed by atoms with Crippen LogP contribution in [0.25, 0.3) is 0 Å². The highest BCUT2D eigenvalue weighted by molar-refractivity contribution is 7.80. The molecule has 0 aromatic heterocycles. The van der Waals surface area contributed by atoms with E-state index in [9.17, 15) is 4.79 Å². The second-order valence-corrected chi connectivity index (χ2v) is 6.94. The zero-order chi connectivity index (χ0) is 15.3. The van der Waals surface area contributed by atoms with Crippen molar-refractivity contribution in [2.75, 3.05) is 5.32 Å². The van der Waals surface area contributed by atoms with Crippen LogP contribution >= 0.6 is 58.6 Å². The third-order valence-electron chi connectivity index (χ3n) is 2.07. The molecule has 0 aliphatic rings. The summed E-state index contributed by atoms with van der Waals surface area (Å²) < 4.78 is -1.77. The van der Waals surface area contributed by atoms with Crippen molar-refractivity contribution in [3.63, 3.8) is 0 Å². The molecular weight excluding hydrogens is 364 g/mol. The molecule has 0 aliphatic carbocycles. The zero-order valence-corrected chi connectivity index (χ0v) is 14.1. The first-order chi connectivity index (χ1) is 9.20. The van der Waals surface area contributed by atoms with E-state index in [1.54, 1.807) is 24.3 Å². The van der Waals surface area contributed by atoms with Crippen LogP contribution in [0.5, 0.6) is 0 Å². The fourth-order valence-corrected chi connectivity index (χ4v) is 1.99. The van der Waals surface area contributed by atoms with E-state index < -0.39 is 9.96 Å². The van der Waals surface area contributed by atoms with Gasteiger partial charge in [0.25, 0.3) is 0 Å². The van der Waals surface area contributed by atoms with Crippen LogP contribution in [0.2, 0.25) is 5.02 Å². The first-order valence-electron chi connectivity index (χ1n) is 5.36. The summed E-state index contributed by atoms with van der Waals surface area (Å²) in [4.78, 5) is 11.1. The number of amides is 1. The van der Waals surface area contributed by atoms with E-state index in [0.717, 1.165) is 0 Å². The number of carbonyl (C=O) groups is 1. The maximum absolute atomic E-state index is 11.1. The van der Waals surface area contributed by atoms with E-state index in [4.69, 9.17) is 58.6 Å². The van der Waals surface area contributed by atoms with Gasteiger partial charge in [0.15, 0.2) is 5.11 Å². The number of hydrogen-bond donors (Lipinski definition) is 3. The van der Waals surface area contributed by atoms with Gasteiger partial charge in [-0.2, -0.15) is 0 Å². The number of nitrogens with one attached hydrogen (secondary N) is 3. The van der Waals surface area contributed by atoms with Gasteiger partial charge in [-0.1, -0.05) is 58.5 Å². The van der Waals surface area contributed by atoms with Crippen molar-refractivity contribution in [1.82, 2.24) is 10.6 Å². The van der Waals surface area contributed by atoms with E-state index in [0.29, 0.717) is 10.7 Å². The molecule has 110 valence electrons. The topological polar surface area (TPSA) is 53.2 Å². The Morgan fingerprint density at radius 2 is 1.85 bits per heavy atom. The molecule has 0 radical (unpaired) electrons. The van der Waals surface area contributed by atoms with Crippen molar-refractivity contribution in [3.8, 4) is 0 Å². The van der Waals surface area contributed by atoms with Crippen LogP contribution in [-0.2, 0) is 4.79 Å². The molecule has 0 unspecified atom stereocenters. The number of para-hydroxylation sites is 1. The van der Waals surface area contributed by atoms with Crippen LogP contribution in [0.15, 0.2) is 24.3 Å². The number of thiocarbonyl (C=S) groups is 1. The van der Waals surface area contributed by atoms with Crippen LogP contribution in [0.4, 0.5) is 5.69 Å². The van der Waals surface area contributed by atoms with Gasteiger partial charge in [0.05, 0.1) is 10.7 Å². The Bertz CT molecular complexity index is 507. The molecule has 4 nitrogen and oxygen atoms in total. The zero-order valence-electron chi connectivity index (χ0n) is 10.2. The lowest BCUT2D eigenvalue weighted by Gasteiger charge is -2.27.